The third kappa shape index (κ3) is 3.51. The van der Waals surface area contributed by atoms with Gasteiger partial charge in [0.05, 0.1) is 12.6 Å². The fourth-order valence-electron chi connectivity index (χ4n) is 1.51. The van der Waals surface area contributed by atoms with E-state index in [0.29, 0.717) is 12.5 Å². The molecule has 0 spiro atoms. The van der Waals surface area contributed by atoms with Gasteiger partial charge < -0.3 is 15.2 Å². The molecule has 1 aromatic rings. The van der Waals surface area contributed by atoms with Crippen LogP contribution in [0.4, 0.5) is 0 Å². The quantitative estimate of drug-likeness (QED) is 0.772. The normalized spacial score (nSPS) is 12.8. The molecule has 0 fully saturated rings. The van der Waals surface area contributed by atoms with Crippen molar-refractivity contribution < 1.29 is 9.84 Å². The monoisotopic (exact) mass is 223 g/mol. The van der Waals surface area contributed by atoms with Crippen molar-refractivity contribution in [3.63, 3.8) is 0 Å². The summed E-state index contributed by atoms with van der Waals surface area (Å²) in [5.41, 5.74) is 1.20. The van der Waals surface area contributed by atoms with E-state index in [1.165, 1.54) is 5.56 Å². The van der Waals surface area contributed by atoms with Crippen molar-refractivity contribution in [1.29, 1.82) is 0 Å². The first-order chi connectivity index (χ1) is 7.69. The van der Waals surface area contributed by atoms with Crippen LogP contribution in [0.2, 0.25) is 0 Å². The van der Waals surface area contributed by atoms with Crippen molar-refractivity contribution in [2.75, 3.05) is 20.3 Å². The summed E-state index contributed by atoms with van der Waals surface area (Å²) in [5.74, 6) is 1.35. The Morgan fingerprint density at radius 3 is 2.56 bits per heavy atom. The van der Waals surface area contributed by atoms with Crippen LogP contribution in [0.1, 0.15) is 25.3 Å². The number of benzene rings is 1. The zero-order valence-electron chi connectivity index (χ0n) is 10.2. The van der Waals surface area contributed by atoms with E-state index in [1.807, 2.05) is 25.2 Å². The molecule has 0 saturated carbocycles. The summed E-state index contributed by atoms with van der Waals surface area (Å²) >= 11 is 0. The molecule has 0 saturated heterocycles. The van der Waals surface area contributed by atoms with Gasteiger partial charge in [-0.25, -0.2) is 0 Å². The van der Waals surface area contributed by atoms with Gasteiger partial charge in [-0.3, -0.25) is 0 Å². The van der Waals surface area contributed by atoms with Crippen molar-refractivity contribution >= 4 is 0 Å². The Labute approximate surface area is 97.4 Å². The maximum absolute atomic E-state index is 9.04. The number of ether oxygens (including phenoxy) is 1. The summed E-state index contributed by atoms with van der Waals surface area (Å²) in [4.78, 5) is 0. The number of aliphatic hydroxyl groups excluding tert-OH is 1. The van der Waals surface area contributed by atoms with Gasteiger partial charge in [-0.05, 0) is 24.6 Å². The van der Waals surface area contributed by atoms with E-state index in [0.717, 1.165) is 5.75 Å². The number of aliphatic hydroxyl groups is 1. The average Bonchev–Trinajstić information content (AvgIpc) is 2.30. The zero-order chi connectivity index (χ0) is 12.0. The van der Waals surface area contributed by atoms with Gasteiger partial charge in [-0.15, -0.1) is 0 Å². The minimum Gasteiger partial charge on any atom is -0.492 e. The molecule has 1 unspecified atom stereocenters. The van der Waals surface area contributed by atoms with Gasteiger partial charge >= 0.3 is 0 Å². The van der Waals surface area contributed by atoms with Gasteiger partial charge in [0.1, 0.15) is 12.4 Å². The number of likely N-dealkylation sites (N-methyl/N-ethyl adjacent to an activating group) is 1. The third-order valence-corrected chi connectivity index (χ3v) is 2.61. The van der Waals surface area contributed by atoms with E-state index in [2.05, 4.69) is 25.2 Å². The maximum atomic E-state index is 9.04. The molecule has 90 valence electrons. The average molecular weight is 223 g/mol. The Morgan fingerprint density at radius 1 is 1.31 bits per heavy atom. The number of hydrogen-bond donors (Lipinski definition) is 2. The summed E-state index contributed by atoms with van der Waals surface area (Å²) in [5, 5.41) is 12.0. The van der Waals surface area contributed by atoms with Crippen LogP contribution < -0.4 is 10.1 Å². The van der Waals surface area contributed by atoms with Gasteiger partial charge in [0, 0.05) is 0 Å². The number of hydrogen-bond acceptors (Lipinski definition) is 3. The van der Waals surface area contributed by atoms with Gasteiger partial charge in [0.25, 0.3) is 0 Å². The van der Waals surface area contributed by atoms with Gasteiger partial charge in [-0.1, -0.05) is 32.0 Å². The van der Waals surface area contributed by atoms with Crippen LogP contribution >= 0.6 is 0 Å². The Balaban J connectivity index is 2.66. The zero-order valence-corrected chi connectivity index (χ0v) is 10.2. The summed E-state index contributed by atoms with van der Waals surface area (Å²) < 4.78 is 5.72. The molecule has 0 bridgehead atoms. The molecule has 1 atom stereocenters. The summed E-state index contributed by atoms with van der Waals surface area (Å²) in [6.45, 7) is 4.85. The molecule has 0 aliphatic rings. The Kier molecular flexibility index (Phi) is 5.29. The highest BCUT2D eigenvalue weighted by molar-refractivity contribution is 5.35. The number of rotatable bonds is 6. The Hall–Kier alpha value is -1.06. The molecule has 0 amide bonds. The second-order valence-corrected chi connectivity index (χ2v) is 4.17. The van der Waals surface area contributed by atoms with E-state index in [-0.39, 0.29) is 12.6 Å². The minimum absolute atomic E-state index is 0.0137. The van der Waals surface area contributed by atoms with E-state index < -0.39 is 0 Å². The van der Waals surface area contributed by atoms with Gasteiger partial charge in [-0.2, -0.15) is 0 Å². The van der Waals surface area contributed by atoms with Gasteiger partial charge in [0.2, 0.25) is 0 Å². The maximum Gasteiger partial charge on any atom is 0.122 e. The molecule has 0 aromatic heterocycles. The van der Waals surface area contributed by atoms with Crippen molar-refractivity contribution in [1.82, 2.24) is 5.32 Å². The largest absolute Gasteiger partial charge is 0.492 e. The molecule has 3 heteroatoms. The smallest absolute Gasteiger partial charge is 0.122 e. The van der Waals surface area contributed by atoms with Crippen LogP contribution in [-0.4, -0.2) is 31.4 Å². The summed E-state index contributed by atoms with van der Waals surface area (Å²) in [6.07, 6.45) is 0. The molecule has 0 heterocycles. The lowest BCUT2D eigenvalue weighted by Gasteiger charge is -2.17. The minimum atomic E-state index is -0.0137. The molecule has 1 rings (SSSR count). The molecule has 0 aliphatic heterocycles. The second-order valence-electron chi connectivity index (χ2n) is 4.17. The highest BCUT2D eigenvalue weighted by atomic mass is 16.5. The van der Waals surface area contributed by atoms with Crippen LogP contribution in [0.25, 0.3) is 0 Å². The van der Waals surface area contributed by atoms with Gasteiger partial charge in [0.15, 0.2) is 0 Å². The second kappa shape index (κ2) is 6.51. The fraction of sp³-hybridized carbons (Fsp3) is 0.538. The Bertz CT molecular complexity index is 309. The topological polar surface area (TPSA) is 41.5 Å². The van der Waals surface area contributed by atoms with Crippen molar-refractivity contribution in [2.45, 2.75) is 25.8 Å². The van der Waals surface area contributed by atoms with Crippen molar-refractivity contribution in [3.05, 3.63) is 29.8 Å². The van der Waals surface area contributed by atoms with E-state index in [9.17, 15) is 0 Å². The van der Waals surface area contributed by atoms with E-state index in [1.54, 1.807) is 0 Å². The first-order valence-electron chi connectivity index (χ1n) is 5.68. The standard InChI is InChI=1S/C13H21NO2/c1-10(2)12-6-4-5-7-13(12)16-9-11(8-15)14-3/h4-7,10-11,14-15H,8-9H2,1-3H3. The molecular formula is C13H21NO2. The molecule has 16 heavy (non-hydrogen) atoms. The van der Waals surface area contributed by atoms with Crippen LogP contribution in [0.5, 0.6) is 5.75 Å². The third-order valence-electron chi connectivity index (χ3n) is 2.61. The molecule has 1 aromatic carbocycles. The van der Waals surface area contributed by atoms with E-state index >= 15 is 0 Å². The number of para-hydroxylation sites is 1. The lowest BCUT2D eigenvalue weighted by molar-refractivity contribution is 0.188. The lowest BCUT2D eigenvalue weighted by atomic mass is 10.0. The molecule has 0 radical (unpaired) electrons. The lowest BCUT2D eigenvalue weighted by Crippen LogP contribution is -2.35. The molecule has 3 nitrogen and oxygen atoms in total. The molecule has 2 N–H and O–H groups in total. The SMILES string of the molecule is CNC(CO)COc1ccccc1C(C)C. The van der Waals surface area contributed by atoms with Crippen LogP contribution in [0, 0.1) is 0 Å². The fourth-order valence-corrected chi connectivity index (χ4v) is 1.51. The van der Waals surface area contributed by atoms with Crippen molar-refractivity contribution in [3.8, 4) is 5.75 Å². The highest BCUT2D eigenvalue weighted by Gasteiger charge is 2.09. The summed E-state index contributed by atoms with van der Waals surface area (Å²) in [6, 6.07) is 8.02. The first-order valence-corrected chi connectivity index (χ1v) is 5.68. The van der Waals surface area contributed by atoms with Crippen LogP contribution in [0.15, 0.2) is 24.3 Å². The predicted molar refractivity (Wildman–Crippen MR) is 66.0 cm³/mol. The highest BCUT2D eigenvalue weighted by Crippen LogP contribution is 2.25. The van der Waals surface area contributed by atoms with Crippen molar-refractivity contribution in [2.24, 2.45) is 0 Å². The first kappa shape index (κ1) is 13.0. The Morgan fingerprint density at radius 2 is 2.00 bits per heavy atom. The predicted octanol–water partition coefficient (Wildman–Crippen LogP) is 1.77. The summed E-state index contributed by atoms with van der Waals surface area (Å²) in [7, 11) is 1.82. The van der Waals surface area contributed by atoms with Crippen LogP contribution in [0.3, 0.4) is 0 Å². The molecule has 0 aliphatic carbocycles. The molecular weight excluding hydrogens is 202 g/mol. The number of nitrogens with one attached hydrogen (secondary N) is 1. The van der Waals surface area contributed by atoms with Crippen LogP contribution in [-0.2, 0) is 0 Å². The van der Waals surface area contributed by atoms with E-state index in [4.69, 9.17) is 9.84 Å².